The Morgan fingerprint density at radius 2 is 2.53 bits per heavy atom. The largest absolute Gasteiger partial charge is 0.481 e. The first-order valence-electron chi connectivity index (χ1n) is 5.19. The van der Waals surface area contributed by atoms with Crippen LogP contribution in [0.1, 0.15) is 12.6 Å². The molecule has 1 aliphatic rings. The Morgan fingerprint density at radius 1 is 1.76 bits per heavy atom. The highest BCUT2D eigenvalue weighted by molar-refractivity contribution is 5.06. The number of alkyl halides is 1. The second-order valence-electron chi connectivity index (χ2n) is 3.74. The van der Waals surface area contributed by atoms with Crippen molar-refractivity contribution in [2.75, 3.05) is 13.7 Å². The number of ether oxygens (including phenoxy) is 2. The molecule has 17 heavy (non-hydrogen) atoms. The van der Waals surface area contributed by atoms with E-state index in [4.69, 9.17) is 14.6 Å². The number of rotatable bonds is 3. The zero-order valence-corrected chi connectivity index (χ0v) is 9.25. The van der Waals surface area contributed by atoms with E-state index in [1.807, 2.05) is 0 Å². The number of aliphatic hydroxyl groups is 1. The van der Waals surface area contributed by atoms with E-state index in [9.17, 15) is 9.18 Å². The topological polar surface area (TPSA) is 73.6 Å². The average molecular weight is 244 g/mol. The molecule has 3 atom stereocenters. The van der Waals surface area contributed by atoms with Crippen LogP contribution in [0.15, 0.2) is 17.1 Å². The molecule has 0 aliphatic carbocycles. The second-order valence-corrected chi connectivity index (χ2v) is 3.74. The van der Waals surface area contributed by atoms with Gasteiger partial charge < -0.3 is 14.6 Å². The number of nitrogens with zero attached hydrogens (tertiary/aromatic N) is 2. The van der Waals surface area contributed by atoms with E-state index in [0.717, 1.165) is 4.57 Å². The molecule has 2 rings (SSSR count). The molecule has 0 aromatic carbocycles. The van der Waals surface area contributed by atoms with Gasteiger partial charge in [0.25, 0.3) is 0 Å². The van der Waals surface area contributed by atoms with Crippen LogP contribution in [0, 0.1) is 0 Å². The highest BCUT2D eigenvalue weighted by Gasteiger charge is 2.36. The number of aromatic nitrogens is 2. The molecule has 1 aromatic heterocycles. The Kier molecular flexibility index (Phi) is 3.39. The quantitative estimate of drug-likeness (QED) is 0.801. The number of methoxy groups -OCH3 is 1. The molecular weight excluding hydrogens is 231 g/mol. The number of aliphatic hydroxyl groups excluding tert-OH is 1. The predicted octanol–water partition coefficient (Wildman–Crippen LogP) is -0.130. The molecule has 1 aromatic rings. The van der Waals surface area contributed by atoms with Crippen LogP contribution >= 0.6 is 0 Å². The molecule has 0 spiro atoms. The molecule has 6 nitrogen and oxygen atoms in total. The fraction of sp³-hybridized carbons (Fsp3) is 0.600. The summed E-state index contributed by atoms with van der Waals surface area (Å²) in [5.41, 5.74) is -0.643. The Labute approximate surface area is 96.6 Å². The maximum absolute atomic E-state index is 13.6. The highest BCUT2D eigenvalue weighted by Crippen LogP contribution is 2.30. The minimum atomic E-state index is -1.33. The summed E-state index contributed by atoms with van der Waals surface area (Å²) < 4.78 is 24.7. The van der Waals surface area contributed by atoms with E-state index in [1.165, 1.54) is 19.4 Å². The lowest BCUT2D eigenvalue weighted by molar-refractivity contribution is -0.0394. The van der Waals surface area contributed by atoms with Crippen LogP contribution in [0.5, 0.6) is 5.88 Å². The summed E-state index contributed by atoms with van der Waals surface area (Å²) in [5, 5.41) is 8.89. The lowest BCUT2D eigenvalue weighted by Gasteiger charge is -2.15. The van der Waals surface area contributed by atoms with Gasteiger partial charge in [0.1, 0.15) is 6.17 Å². The van der Waals surface area contributed by atoms with Gasteiger partial charge in [0.15, 0.2) is 6.23 Å². The van der Waals surface area contributed by atoms with Crippen molar-refractivity contribution < 1.29 is 19.0 Å². The van der Waals surface area contributed by atoms with Gasteiger partial charge in [0.2, 0.25) is 5.88 Å². The molecule has 0 saturated carbocycles. The van der Waals surface area contributed by atoms with Gasteiger partial charge in [-0.15, -0.1) is 0 Å². The van der Waals surface area contributed by atoms with E-state index in [1.54, 1.807) is 0 Å². The van der Waals surface area contributed by atoms with E-state index < -0.39 is 24.2 Å². The van der Waals surface area contributed by atoms with Crippen molar-refractivity contribution in [3.05, 3.63) is 22.7 Å². The van der Waals surface area contributed by atoms with E-state index >= 15 is 0 Å². The van der Waals surface area contributed by atoms with Crippen LogP contribution < -0.4 is 10.4 Å². The molecule has 7 heteroatoms. The van der Waals surface area contributed by atoms with Crippen LogP contribution in [-0.2, 0) is 4.74 Å². The van der Waals surface area contributed by atoms with Gasteiger partial charge in [-0.3, -0.25) is 4.57 Å². The summed E-state index contributed by atoms with van der Waals surface area (Å²) in [6.45, 7) is -0.269. The lowest BCUT2D eigenvalue weighted by Crippen LogP contribution is -2.30. The van der Waals surface area contributed by atoms with Crippen molar-refractivity contribution in [1.29, 1.82) is 0 Å². The number of halogens is 1. The summed E-state index contributed by atoms with van der Waals surface area (Å²) in [7, 11) is 1.39. The molecule has 0 bridgehead atoms. The van der Waals surface area contributed by atoms with Crippen molar-refractivity contribution in [3.63, 3.8) is 0 Å². The molecule has 2 heterocycles. The first kappa shape index (κ1) is 12.0. The van der Waals surface area contributed by atoms with Crippen LogP contribution in [0.2, 0.25) is 0 Å². The minimum Gasteiger partial charge on any atom is -0.481 e. The predicted molar refractivity (Wildman–Crippen MR) is 55.6 cm³/mol. The molecule has 0 amide bonds. The Morgan fingerprint density at radius 3 is 3.06 bits per heavy atom. The molecule has 1 saturated heterocycles. The third-order valence-electron chi connectivity index (χ3n) is 2.62. The van der Waals surface area contributed by atoms with Crippen molar-refractivity contribution in [2.24, 2.45) is 0 Å². The van der Waals surface area contributed by atoms with Gasteiger partial charge in [0.05, 0.1) is 19.8 Å². The second kappa shape index (κ2) is 4.80. The van der Waals surface area contributed by atoms with Crippen LogP contribution in [0.3, 0.4) is 0 Å². The zero-order valence-electron chi connectivity index (χ0n) is 9.25. The SMILES string of the molecule is COc1ccn([C@@H]2O[C@H](CO)C[C@@H]2F)c(=O)n1. The van der Waals surface area contributed by atoms with Crippen molar-refractivity contribution in [3.8, 4) is 5.88 Å². The van der Waals surface area contributed by atoms with E-state index in [2.05, 4.69) is 4.98 Å². The molecule has 0 unspecified atom stereocenters. The molecule has 94 valence electrons. The van der Waals surface area contributed by atoms with Gasteiger partial charge in [-0.1, -0.05) is 0 Å². The summed E-state index contributed by atoms with van der Waals surface area (Å²) in [6.07, 6.45) is -1.51. The Balaban J connectivity index is 2.26. The monoisotopic (exact) mass is 244 g/mol. The molecular formula is C10H13FN2O4. The smallest absolute Gasteiger partial charge is 0.353 e. The molecule has 1 fully saturated rings. The molecule has 1 N–H and O–H groups in total. The first-order chi connectivity index (χ1) is 8.15. The molecule has 1 aliphatic heterocycles. The highest BCUT2D eigenvalue weighted by atomic mass is 19.1. The van der Waals surface area contributed by atoms with Gasteiger partial charge in [-0.05, 0) is 0 Å². The standard InChI is InChI=1S/C10H13FN2O4/c1-16-8-2-3-13(10(15)12-8)9-7(11)4-6(5-14)17-9/h2-3,6-7,9,14H,4-5H2,1H3/t6-,7-,9+/m0/s1. The first-order valence-corrected chi connectivity index (χ1v) is 5.19. The minimum absolute atomic E-state index is 0.0691. The average Bonchev–Trinajstić information content (AvgIpc) is 2.70. The Hall–Kier alpha value is -1.47. The van der Waals surface area contributed by atoms with Gasteiger partial charge >= 0.3 is 5.69 Å². The third kappa shape index (κ3) is 2.29. The third-order valence-corrected chi connectivity index (χ3v) is 2.62. The van der Waals surface area contributed by atoms with Crippen molar-refractivity contribution in [2.45, 2.75) is 24.9 Å². The van der Waals surface area contributed by atoms with E-state index in [-0.39, 0.29) is 18.9 Å². The fourth-order valence-corrected chi connectivity index (χ4v) is 1.77. The van der Waals surface area contributed by atoms with Gasteiger partial charge in [0, 0.05) is 18.7 Å². The summed E-state index contributed by atoms with van der Waals surface area (Å²) in [6, 6.07) is 1.45. The van der Waals surface area contributed by atoms with Crippen molar-refractivity contribution in [1.82, 2.24) is 9.55 Å². The summed E-state index contributed by atoms with van der Waals surface area (Å²) in [5.74, 6) is 0.165. The van der Waals surface area contributed by atoms with Crippen LogP contribution in [-0.4, -0.2) is 40.6 Å². The van der Waals surface area contributed by atoms with Gasteiger partial charge in [-0.25, -0.2) is 9.18 Å². The van der Waals surface area contributed by atoms with Gasteiger partial charge in [-0.2, -0.15) is 4.98 Å². The fourth-order valence-electron chi connectivity index (χ4n) is 1.77. The number of hydrogen-bond donors (Lipinski definition) is 1. The van der Waals surface area contributed by atoms with E-state index in [0.29, 0.717) is 0 Å². The normalized spacial score (nSPS) is 28.3. The van der Waals surface area contributed by atoms with Crippen LogP contribution in [0.4, 0.5) is 4.39 Å². The molecule has 0 radical (unpaired) electrons. The summed E-state index contributed by atoms with van der Waals surface area (Å²) in [4.78, 5) is 15.2. The maximum atomic E-state index is 13.6. The van der Waals surface area contributed by atoms with Crippen molar-refractivity contribution >= 4 is 0 Å². The Bertz CT molecular complexity index is 450. The number of hydrogen-bond acceptors (Lipinski definition) is 5. The lowest BCUT2D eigenvalue weighted by atomic mass is 10.2. The van der Waals surface area contributed by atoms with Crippen LogP contribution in [0.25, 0.3) is 0 Å². The summed E-state index contributed by atoms with van der Waals surface area (Å²) >= 11 is 0. The zero-order chi connectivity index (χ0) is 12.4. The maximum Gasteiger partial charge on any atom is 0.353 e.